The van der Waals surface area contributed by atoms with Crippen molar-refractivity contribution < 1.29 is 18.7 Å². The van der Waals surface area contributed by atoms with E-state index in [9.17, 15) is 19.1 Å². The number of carbonyl (C=O) groups is 1. The van der Waals surface area contributed by atoms with Gasteiger partial charge in [0.1, 0.15) is 16.4 Å². The monoisotopic (exact) mass is 674 g/mol. The summed E-state index contributed by atoms with van der Waals surface area (Å²) >= 11 is 1.65. The van der Waals surface area contributed by atoms with Crippen molar-refractivity contribution in [2.45, 2.75) is 62.1 Å². The van der Waals surface area contributed by atoms with Gasteiger partial charge in [-0.2, -0.15) is 4.40 Å². The summed E-state index contributed by atoms with van der Waals surface area (Å²) in [6, 6.07) is 21.9. The summed E-state index contributed by atoms with van der Waals surface area (Å²) in [5.41, 5.74) is 2.36. The van der Waals surface area contributed by atoms with Crippen LogP contribution in [0.25, 0.3) is 10.2 Å². The van der Waals surface area contributed by atoms with Crippen molar-refractivity contribution in [1.29, 1.82) is 0 Å². The summed E-state index contributed by atoms with van der Waals surface area (Å²) in [4.78, 5) is 35.1. The zero-order valence-corrected chi connectivity index (χ0v) is 28.7. The van der Waals surface area contributed by atoms with Crippen LogP contribution in [0, 0.1) is 10.1 Å². The predicted octanol–water partition coefficient (Wildman–Crippen LogP) is 6.93. The molecule has 3 heterocycles. The maximum absolute atomic E-state index is 13.8. The molecule has 11 nitrogen and oxygen atoms in total. The summed E-state index contributed by atoms with van der Waals surface area (Å²) in [6.07, 6.45) is 1.03. The van der Waals surface area contributed by atoms with Crippen molar-refractivity contribution in [3.05, 3.63) is 93.5 Å². The van der Waals surface area contributed by atoms with Gasteiger partial charge < -0.3 is 19.4 Å². The zero-order chi connectivity index (χ0) is 33.5. The molecule has 2 fully saturated rings. The minimum atomic E-state index is -1.81. The molecule has 0 spiro atoms. The Morgan fingerprint density at radius 3 is 2.30 bits per heavy atom. The maximum Gasteiger partial charge on any atom is 0.410 e. The van der Waals surface area contributed by atoms with Gasteiger partial charge in [0.25, 0.3) is 5.69 Å². The smallest absolute Gasteiger partial charge is 0.410 e. The first kappa shape index (κ1) is 32.6. The van der Waals surface area contributed by atoms with Gasteiger partial charge in [-0.1, -0.05) is 24.3 Å². The number of non-ortho nitro benzene ring substituents is 1. The number of piperidine rings is 1. The van der Waals surface area contributed by atoms with Gasteiger partial charge in [0.2, 0.25) is 0 Å². The van der Waals surface area contributed by atoms with Gasteiger partial charge in [0.15, 0.2) is 11.0 Å². The maximum atomic E-state index is 13.8. The molecule has 47 heavy (non-hydrogen) atoms. The molecular weight excluding hydrogens is 637 g/mol. The molecule has 2 aliphatic heterocycles. The first-order valence-corrected chi connectivity index (χ1v) is 17.5. The van der Waals surface area contributed by atoms with Crippen molar-refractivity contribution in [2.75, 3.05) is 32.1 Å². The first-order chi connectivity index (χ1) is 22.4. The Labute approximate surface area is 280 Å². The Kier molecular flexibility index (Phi) is 9.03. The average Bonchev–Trinajstić information content (AvgIpc) is 3.46. The molecule has 1 amide bonds. The van der Waals surface area contributed by atoms with Crippen LogP contribution in [0.2, 0.25) is 0 Å². The number of hydrogen-bond donors (Lipinski definition) is 0. The highest BCUT2D eigenvalue weighted by atomic mass is 32.2. The third kappa shape index (κ3) is 6.86. The van der Waals surface area contributed by atoms with Gasteiger partial charge in [0.05, 0.1) is 32.0 Å². The Bertz CT molecular complexity index is 1790. The number of ether oxygens (including phenoxy) is 1. The second-order valence-electron chi connectivity index (χ2n) is 13.0. The van der Waals surface area contributed by atoms with Crippen molar-refractivity contribution in [1.82, 2.24) is 14.8 Å². The summed E-state index contributed by atoms with van der Waals surface area (Å²) < 4.78 is 25.3. The number of thiazole rings is 1. The predicted molar refractivity (Wildman–Crippen MR) is 185 cm³/mol. The largest absolute Gasteiger partial charge is 0.444 e. The number of amides is 1. The van der Waals surface area contributed by atoms with Gasteiger partial charge in [-0.05, 0) is 75.6 Å². The zero-order valence-electron chi connectivity index (χ0n) is 27.0. The van der Waals surface area contributed by atoms with Crippen LogP contribution in [0.15, 0.2) is 82.1 Å². The molecule has 3 unspecified atom stereocenters. The van der Waals surface area contributed by atoms with Crippen molar-refractivity contribution >= 4 is 55.8 Å². The molecule has 0 saturated carbocycles. The number of aromatic nitrogens is 1. The lowest BCUT2D eigenvalue weighted by Gasteiger charge is -2.54. The van der Waals surface area contributed by atoms with E-state index >= 15 is 0 Å². The Morgan fingerprint density at radius 2 is 1.70 bits per heavy atom. The number of benzene rings is 3. The second-order valence-corrected chi connectivity index (χ2v) is 15.2. The van der Waals surface area contributed by atoms with Crippen LogP contribution >= 0.6 is 11.3 Å². The van der Waals surface area contributed by atoms with E-state index < -0.39 is 21.5 Å². The molecule has 2 aliphatic rings. The van der Waals surface area contributed by atoms with Crippen LogP contribution in [0.3, 0.4) is 0 Å². The fourth-order valence-electron chi connectivity index (χ4n) is 6.11. The molecule has 246 valence electrons. The molecule has 2 saturated heterocycles. The van der Waals surface area contributed by atoms with E-state index in [2.05, 4.69) is 35.2 Å². The molecule has 3 aromatic carbocycles. The lowest BCUT2D eigenvalue weighted by Crippen LogP contribution is -2.60. The molecule has 6 rings (SSSR count). The van der Waals surface area contributed by atoms with Crippen molar-refractivity contribution in [3.63, 3.8) is 0 Å². The van der Waals surface area contributed by atoms with E-state index in [4.69, 9.17) is 14.1 Å². The van der Waals surface area contributed by atoms with Crippen LogP contribution in [-0.2, 0) is 15.7 Å². The van der Waals surface area contributed by atoms with Gasteiger partial charge >= 0.3 is 6.09 Å². The van der Waals surface area contributed by atoms with E-state index in [1.165, 1.54) is 24.3 Å². The Balaban J connectivity index is 1.40. The van der Waals surface area contributed by atoms with Crippen LogP contribution < -0.4 is 4.90 Å². The van der Waals surface area contributed by atoms with Crippen LogP contribution in [0.4, 0.5) is 16.2 Å². The summed E-state index contributed by atoms with van der Waals surface area (Å²) in [7, 11) is 2.18. The lowest BCUT2D eigenvalue weighted by molar-refractivity contribution is -0.384. The fraction of sp³-hybridized carbons (Fsp3) is 0.382. The average molecular weight is 675 g/mol. The standard InChI is InChI=1S/C34H38N6O5S2/c1-34(2,3)45-33(41)38-20-18-24(19-21-38)39-30(32-35-27-8-6-7-9-28(27)46-32)29(22-10-12-23(13-11-22)37(4)5)31(39)36-47(44)26-16-14-25(15-17-26)40(42)43/h6-17,24,29-30H,18-21H2,1-5H3. The molecule has 0 bridgehead atoms. The third-order valence-corrected chi connectivity index (χ3v) is 10.6. The van der Waals surface area contributed by atoms with Crippen molar-refractivity contribution in [3.8, 4) is 0 Å². The van der Waals surface area contributed by atoms with E-state index in [1.54, 1.807) is 16.2 Å². The van der Waals surface area contributed by atoms with Crippen LogP contribution in [0.5, 0.6) is 0 Å². The number of anilines is 1. The number of likely N-dealkylation sites (tertiary alicyclic amines) is 2. The highest BCUT2D eigenvalue weighted by molar-refractivity contribution is 7.83. The quantitative estimate of drug-likeness (QED) is 0.153. The minimum absolute atomic E-state index is 0.00982. The fourth-order valence-corrected chi connectivity index (χ4v) is 8.06. The van der Waals surface area contributed by atoms with Crippen LogP contribution in [-0.4, -0.2) is 74.7 Å². The second kappa shape index (κ2) is 13.0. The minimum Gasteiger partial charge on any atom is -0.444 e. The van der Waals surface area contributed by atoms with Gasteiger partial charge in [0, 0.05) is 51.0 Å². The molecule has 3 atom stereocenters. The van der Waals surface area contributed by atoms with Crippen molar-refractivity contribution in [2.24, 2.45) is 4.40 Å². The van der Waals surface area contributed by atoms with E-state index in [1.807, 2.05) is 58.0 Å². The highest BCUT2D eigenvalue weighted by Gasteiger charge is 2.52. The number of fused-ring (bicyclic) bond motifs is 1. The summed E-state index contributed by atoms with van der Waals surface area (Å²) in [5.74, 6) is 0.455. The number of carbonyl (C=O) groups excluding carboxylic acids is 1. The highest BCUT2D eigenvalue weighted by Crippen LogP contribution is 2.52. The Morgan fingerprint density at radius 1 is 1.04 bits per heavy atom. The van der Waals surface area contributed by atoms with Gasteiger partial charge in [-0.3, -0.25) is 10.1 Å². The lowest BCUT2D eigenvalue weighted by atomic mass is 9.78. The van der Waals surface area contributed by atoms with E-state index in [0.717, 1.165) is 26.5 Å². The number of nitrogens with zero attached hydrogens (tertiary/aromatic N) is 6. The number of para-hydroxylation sites is 1. The molecule has 0 N–H and O–H groups in total. The van der Waals surface area contributed by atoms with E-state index in [-0.39, 0.29) is 29.8 Å². The summed E-state index contributed by atoms with van der Waals surface area (Å²) in [6.45, 7) is 6.62. The number of nitro benzene ring substituents is 1. The number of hydrogen-bond acceptors (Lipinski definition) is 8. The number of nitro groups is 1. The molecule has 13 heteroatoms. The van der Waals surface area contributed by atoms with E-state index in [0.29, 0.717) is 36.7 Å². The summed E-state index contributed by atoms with van der Waals surface area (Å²) in [5, 5.41) is 12.2. The van der Waals surface area contributed by atoms with Gasteiger partial charge in [-0.25, -0.2) is 14.0 Å². The third-order valence-electron chi connectivity index (χ3n) is 8.43. The first-order valence-electron chi connectivity index (χ1n) is 15.5. The Hall–Kier alpha value is -4.36. The molecule has 1 aromatic heterocycles. The topological polar surface area (TPSA) is 121 Å². The molecule has 0 aliphatic carbocycles. The molecule has 0 radical (unpaired) electrons. The van der Waals surface area contributed by atoms with Crippen LogP contribution in [0.1, 0.15) is 56.1 Å². The SMILES string of the molecule is CN(C)c1ccc(C2C(=NS(=O)c3ccc([N+](=O)[O-])cc3)N(C3CCN(C(=O)OC(C)(C)C)CC3)C2c2nc3ccccc3s2)cc1. The normalized spacial score (nSPS) is 20.2. The van der Waals surface area contributed by atoms with Gasteiger partial charge in [-0.15, -0.1) is 11.3 Å². The number of rotatable bonds is 7. The molecular formula is C34H38N6O5S2. The molecule has 4 aromatic rings. The number of amidine groups is 1.